The molecule has 8 nitrogen and oxygen atoms in total. The van der Waals surface area contributed by atoms with Crippen LogP contribution in [0.2, 0.25) is 0 Å². The number of nitrogens with one attached hydrogen (secondary N) is 1. The van der Waals surface area contributed by atoms with Crippen molar-refractivity contribution in [3.05, 3.63) is 75.9 Å². The first-order chi connectivity index (χ1) is 14.5. The molecule has 4 aromatic rings. The molecule has 0 fully saturated rings. The van der Waals surface area contributed by atoms with Crippen LogP contribution < -0.4 is 10.1 Å². The highest BCUT2D eigenvalue weighted by molar-refractivity contribution is 7.15. The lowest BCUT2D eigenvalue weighted by Crippen LogP contribution is -2.15. The summed E-state index contributed by atoms with van der Waals surface area (Å²) >= 11 is 1.47. The monoisotopic (exact) mass is 422 g/mol. The lowest BCUT2D eigenvalue weighted by molar-refractivity contribution is -0.384. The minimum atomic E-state index is -0.477. The topological polar surface area (TPSA) is 98.8 Å². The van der Waals surface area contributed by atoms with Gasteiger partial charge in [0.1, 0.15) is 5.75 Å². The summed E-state index contributed by atoms with van der Waals surface area (Å²) in [6, 6.07) is 13.5. The molecule has 0 aliphatic heterocycles. The van der Waals surface area contributed by atoms with Crippen LogP contribution in [0.15, 0.2) is 60.1 Å². The van der Waals surface area contributed by atoms with Crippen molar-refractivity contribution in [1.29, 1.82) is 0 Å². The molecule has 2 aromatic carbocycles. The number of thiazole rings is 1. The Bertz CT molecular complexity index is 1200. The van der Waals surface area contributed by atoms with Crippen molar-refractivity contribution >= 4 is 33.6 Å². The molecule has 4 rings (SSSR count). The Balaban J connectivity index is 1.48. The zero-order valence-corrected chi connectivity index (χ0v) is 16.9. The zero-order valence-electron chi connectivity index (χ0n) is 16.1. The van der Waals surface area contributed by atoms with Crippen molar-refractivity contribution in [2.75, 3.05) is 11.9 Å². The van der Waals surface area contributed by atoms with Crippen molar-refractivity contribution in [3.63, 3.8) is 0 Å². The minimum absolute atomic E-state index is 0.0206. The summed E-state index contributed by atoms with van der Waals surface area (Å²) in [6.07, 6.45) is 2.08. The van der Waals surface area contributed by atoms with E-state index < -0.39 is 4.92 Å². The highest BCUT2D eigenvalue weighted by Gasteiger charge is 2.13. The van der Waals surface area contributed by atoms with E-state index in [-0.39, 0.29) is 18.0 Å². The molecule has 0 unspecified atom stereocenters. The van der Waals surface area contributed by atoms with E-state index in [4.69, 9.17) is 4.74 Å². The number of anilines is 1. The first kappa shape index (κ1) is 19.6. The number of aromatic nitrogens is 2. The van der Waals surface area contributed by atoms with E-state index in [0.29, 0.717) is 12.3 Å². The molecule has 0 aliphatic carbocycles. The zero-order chi connectivity index (χ0) is 21.1. The Morgan fingerprint density at radius 1 is 1.20 bits per heavy atom. The standard InChI is InChI=1S/C21H18N4O4S/c1-2-29-18-9-3-14(4-10-18)19-12-24-17(13-30-21(24)23-19)11-20(26)22-15-5-7-16(8-6-15)25(27)28/h3-10,12-13H,2,11H2,1H3,(H,22,26). The third-order valence-corrected chi connectivity index (χ3v) is 5.34. The van der Waals surface area contributed by atoms with Gasteiger partial charge in [0.2, 0.25) is 5.91 Å². The van der Waals surface area contributed by atoms with Crippen molar-refractivity contribution in [1.82, 2.24) is 9.38 Å². The maximum absolute atomic E-state index is 12.4. The van der Waals surface area contributed by atoms with Crippen molar-refractivity contribution < 1.29 is 14.5 Å². The number of hydrogen-bond acceptors (Lipinski definition) is 6. The van der Waals surface area contributed by atoms with E-state index in [9.17, 15) is 14.9 Å². The van der Waals surface area contributed by atoms with Crippen LogP contribution in [0.3, 0.4) is 0 Å². The van der Waals surface area contributed by atoms with Gasteiger partial charge in [-0.2, -0.15) is 0 Å². The Labute approximate surface area is 175 Å². The van der Waals surface area contributed by atoms with Gasteiger partial charge in [-0.25, -0.2) is 4.98 Å². The van der Waals surface area contributed by atoms with Gasteiger partial charge in [0.15, 0.2) is 4.96 Å². The van der Waals surface area contributed by atoms with Gasteiger partial charge in [-0.1, -0.05) is 0 Å². The Hall–Kier alpha value is -3.72. The fraction of sp³-hybridized carbons (Fsp3) is 0.143. The summed E-state index contributed by atoms with van der Waals surface area (Å²) in [7, 11) is 0. The van der Waals surface area contributed by atoms with Gasteiger partial charge >= 0.3 is 0 Å². The van der Waals surface area contributed by atoms with Gasteiger partial charge in [0.25, 0.3) is 5.69 Å². The number of non-ortho nitro benzene ring substituents is 1. The summed E-state index contributed by atoms with van der Waals surface area (Å²) in [6.45, 7) is 2.56. The normalized spacial score (nSPS) is 10.8. The molecule has 2 aromatic heterocycles. The quantitative estimate of drug-likeness (QED) is 0.348. The van der Waals surface area contributed by atoms with E-state index >= 15 is 0 Å². The van der Waals surface area contributed by atoms with Crippen molar-refractivity contribution in [2.24, 2.45) is 0 Å². The Morgan fingerprint density at radius 2 is 1.93 bits per heavy atom. The lowest BCUT2D eigenvalue weighted by Gasteiger charge is -2.04. The fourth-order valence-electron chi connectivity index (χ4n) is 3.02. The molecular formula is C21H18N4O4S. The van der Waals surface area contributed by atoms with Gasteiger partial charge in [-0.3, -0.25) is 19.3 Å². The second kappa shape index (κ2) is 8.34. The van der Waals surface area contributed by atoms with E-state index in [1.54, 1.807) is 0 Å². The maximum atomic E-state index is 12.4. The number of amides is 1. The number of nitrogens with zero attached hydrogens (tertiary/aromatic N) is 3. The summed E-state index contributed by atoms with van der Waals surface area (Å²) in [5.41, 5.74) is 3.10. The number of imidazole rings is 1. The molecule has 0 saturated carbocycles. The molecule has 9 heteroatoms. The number of fused-ring (bicyclic) bond motifs is 1. The lowest BCUT2D eigenvalue weighted by atomic mass is 10.1. The number of rotatable bonds is 7. The number of nitro benzene ring substituents is 1. The molecule has 0 radical (unpaired) electrons. The SMILES string of the molecule is CCOc1ccc(-c2cn3c(CC(=O)Nc4ccc([N+](=O)[O-])cc4)csc3n2)cc1. The fourth-order valence-corrected chi connectivity index (χ4v) is 3.89. The molecule has 0 atom stereocenters. The summed E-state index contributed by atoms with van der Waals surface area (Å²) in [4.78, 5) is 28.1. The van der Waals surface area contributed by atoms with E-state index in [1.807, 2.05) is 47.2 Å². The number of benzene rings is 2. The van der Waals surface area contributed by atoms with Crippen LogP contribution in [0.4, 0.5) is 11.4 Å². The first-order valence-electron chi connectivity index (χ1n) is 9.26. The van der Waals surface area contributed by atoms with E-state index in [2.05, 4.69) is 10.3 Å². The molecule has 0 spiro atoms. The largest absolute Gasteiger partial charge is 0.494 e. The molecule has 0 aliphatic rings. The van der Waals surface area contributed by atoms with Crippen LogP contribution in [0.1, 0.15) is 12.6 Å². The van der Waals surface area contributed by atoms with Gasteiger partial charge in [0, 0.05) is 40.7 Å². The Kier molecular flexibility index (Phi) is 5.44. The van der Waals surface area contributed by atoms with Crippen LogP contribution in [0.25, 0.3) is 16.2 Å². The van der Waals surface area contributed by atoms with Gasteiger partial charge in [-0.05, 0) is 43.3 Å². The smallest absolute Gasteiger partial charge is 0.269 e. The van der Waals surface area contributed by atoms with Gasteiger partial charge in [-0.15, -0.1) is 11.3 Å². The van der Waals surface area contributed by atoms with Crippen molar-refractivity contribution in [3.8, 4) is 17.0 Å². The maximum Gasteiger partial charge on any atom is 0.269 e. The van der Waals surface area contributed by atoms with Crippen LogP contribution in [-0.2, 0) is 11.2 Å². The number of hydrogen-bond donors (Lipinski definition) is 1. The predicted molar refractivity (Wildman–Crippen MR) is 115 cm³/mol. The molecule has 30 heavy (non-hydrogen) atoms. The summed E-state index contributed by atoms with van der Waals surface area (Å²) in [5.74, 6) is 0.603. The molecule has 152 valence electrons. The molecular weight excluding hydrogens is 404 g/mol. The van der Waals surface area contributed by atoms with Crippen LogP contribution in [0, 0.1) is 10.1 Å². The first-order valence-corrected chi connectivity index (χ1v) is 10.1. The average Bonchev–Trinajstić information content (AvgIpc) is 3.31. The highest BCUT2D eigenvalue weighted by atomic mass is 32.1. The third-order valence-electron chi connectivity index (χ3n) is 4.45. The highest BCUT2D eigenvalue weighted by Crippen LogP contribution is 2.26. The van der Waals surface area contributed by atoms with E-state index in [0.717, 1.165) is 27.7 Å². The third kappa shape index (κ3) is 4.15. The Morgan fingerprint density at radius 3 is 2.60 bits per heavy atom. The van der Waals surface area contributed by atoms with Crippen molar-refractivity contribution in [2.45, 2.75) is 13.3 Å². The molecule has 1 amide bonds. The minimum Gasteiger partial charge on any atom is -0.494 e. The number of carbonyl (C=O) groups excluding carboxylic acids is 1. The summed E-state index contributed by atoms with van der Waals surface area (Å²) in [5, 5.41) is 15.4. The van der Waals surface area contributed by atoms with Crippen LogP contribution in [0.5, 0.6) is 5.75 Å². The molecule has 1 N–H and O–H groups in total. The number of ether oxygens (including phenoxy) is 1. The second-order valence-electron chi connectivity index (χ2n) is 6.49. The van der Waals surface area contributed by atoms with Gasteiger partial charge in [0.05, 0.1) is 23.6 Å². The second-order valence-corrected chi connectivity index (χ2v) is 7.33. The number of carbonyl (C=O) groups is 1. The summed E-state index contributed by atoms with van der Waals surface area (Å²) < 4.78 is 7.38. The van der Waals surface area contributed by atoms with Crippen LogP contribution in [-0.4, -0.2) is 26.8 Å². The van der Waals surface area contributed by atoms with Gasteiger partial charge < -0.3 is 10.1 Å². The molecule has 0 saturated heterocycles. The average molecular weight is 422 g/mol. The molecule has 0 bridgehead atoms. The van der Waals surface area contributed by atoms with E-state index in [1.165, 1.54) is 35.6 Å². The number of nitro groups is 1. The van der Waals surface area contributed by atoms with Crippen LogP contribution >= 0.6 is 11.3 Å². The molecule has 2 heterocycles. The predicted octanol–water partition coefficient (Wildman–Crippen LogP) is 4.55.